The van der Waals surface area contributed by atoms with E-state index < -0.39 is 5.97 Å². The fourth-order valence-corrected chi connectivity index (χ4v) is 1.99. The molecule has 1 rings (SSSR count). The number of carbonyl (C=O) groups is 1. The van der Waals surface area contributed by atoms with Crippen LogP contribution in [0.25, 0.3) is 0 Å². The van der Waals surface area contributed by atoms with Gasteiger partial charge >= 0.3 is 5.97 Å². The smallest absolute Gasteiger partial charge is 0.340 e. The second kappa shape index (κ2) is 13.0. The molecule has 0 aromatic heterocycles. The molecule has 0 radical (unpaired) electrons. The Balaban J connectivity index is 3.32. The summed E-state index contributed by atoms with van der Waals surface area (Å²) in [5.74, 6) is 0.0907. The number of carbonyl (C=O) groups excluding carboxylic acids is 1. The maximum Gasteiger partial charge on any atom is 0.340 e. The first kappa shape index (κ1) is 22.8. The van der Waals surface area contributed by atoms with E-state index in [-0.39, 0.29) is 31.0 Å². The Morgan fingerprint density at radius 3 is 2.11 bits per heavy atom. The minimum atomic E-state index is -0.589. The molecule has 0 spiro atoms. The van der Waals surface area contributed by atoms with Crippen LogP contribution in [0.4, 0.5) is 5.69 Å². The van der Waals surface area contributed by atoms with Crippen LogP contribution in [-0.2, 0) is 14.2 Å². The van der Waals surface area contributed by atoms with Crippen molar-refractivity contribution >= 4 is 11.7 Å². The molecule has 1 N–H and O–H groups in total. The molecule has 9 heteroatoms. The summed E-state index contributed by atoms with van der Waals surface area (Å²) >= 11 is 0. The number of allylic oxidation sites excluding steroid dienone is 1. The molecule has 0 bridgehead atoms. The molecule has 0 aliphatic carbocycles. The Morgan fingerprint density at radius 2 is 1.61 bits per heavy atom. The molecule has 150 valence electrons. The van der Waals surface area contributed by atoms with Crippen LogP contribution in [-0.4, -0.2) is 53.2 Å². The topological polar surface area (TPSA) is 123 Å². The Hall–Kier alpha value is -3.27. The van der Waals surface area contributed by atoms with E-state index in [4.69, 9.17) is 34.2 Å². The molecular weight excluding hydrogens is 366 g/mol. The van der Waals surface area contributed by atoms with Crippen molar-refractivity contribution in [2.45, 2.75) is 6.92 Å². The summed E-state index contributed by atoms with van der Waals surface area (Å²) in [6.45, 7) is 3.08. The average molecular weight is 389 g/mol. The number of methoxy groups -OCH3 is 2. The maximum absolute atomic E-state index is 12.3. The fraction of sp³-hybridized carbons (Fsp3) is 0.421. The van der Waals surface area contributed by atoms with Gasteiger partial charge in [-0.05, 0) is 6.92 Å². The molecule has 28 heavy (non-hydrogen) atoms. The summed E-state index contributed by atoms with van der Waals surface area (Å²) in [6, 6.07) is 6.48. The van der Waals surface area contributed by atoms with Gasteiger partial charge in [0, 0.05) is 32.6 Å². The summed E-state index contributed by atoms with van der Waals surface area (Å²) in [5.41, 5.74) is 0.310. The van der Waals surface area contributed by atoms with Crippen molar-refractivity contribution in [1.82, 2.24) is 0 Å². The van der Waals surface area contributed by atoms with Gasteiger partial charge in [0.1, 0.15) is 30.9 Å². The SMILES string of the molecule is CCOC(=O)c1cc(OCCOC)c(OCCOC)cc1NC=C(C#N)C#N. The lowest BCUT2D eigenvalue weighted by atomic mass is 10.1. The Bertz CT molecular complexity index is 748. The Morgan fingerprint density at radius 1 is 1.04 bits per heavy atom. The minimum Gasteiger partial charge on any atom is -0.487 e. The van der Waals surface area contributed by atoms with Crippen molar-refractivity contribution in [2.24, 2.45) is 0 Å². The first-order valence-electron chi connectivity index (χ1n) is 8.46. The zero-order valence-electron chi connectivity index (χ0n) is 16.1. The summed E-state index contributed by atoms with van der Waals surface area (Å²) in [7, 11) is 3.09. The van der Waals surface area contributed by atoms with Crippen molar-refractivity contribution in [1.29, 1.82) is 10.5 Å². The third kappa shape index (κ3) is 7.16. The number of hydrogen-bond donors (Lipinski definition) is 1. The first-order chi connectivity index (χ1) is 13.6. The van der Waals surface area contributed by atoms with E-state index in [0.29, 0.717) is 30.4 Å². The van der Waals surface area contributed by atoms with Gasteiger partial charge in [0.05, 0.1) is 31.1 Å². The van der Waals surface area contributed by atoms with Gasteiger partial charge in [0.2, 0.25) is 0 Å². The highest BCUT2D eigenvalue weighted by molar-refractivity contribution is 5.97. The number of hydrogen-bond acceptors (Lipinski definition) is 9. The monoisotopic (exact) mass is 389 g/mol. The lowest BCUT2D eigenvalue weighted by molar-refractivity contribution is 0.0526. The van der Waals surface area contributed by atoms with Crippen LogP contribution < -0.4 is 14.8 Å². The van der Waals surface area contributed by atoms with Gasteiger partial charge in [-0.15, -0.1) is 0 Å². The predicted octanol–water partition coefficient (Wildman–Crippen LogP) is 2.26. The Labute approximate surface area is 164 Å². The van der Waals surface area contributed by atoms with Crippen LogP contribution in [0.1, 0.15) is 17.3 Å². The summed E-state index contributed by atoms with van der Waals surface area (Å²) in [5, 5.41) is 20.6. The van der Waals surface area contributed by atoms with E-state index >= 15 is 0 Å². The van der Waals surface area contributed by atoms with Gasteiger partial charge in [-0.3, -0.25) is 0 Å². The number of benzene rings is 1. The maximum atomic E-state index is 12.3. The highest BCUT2D eigenvalue weighted by Gasteiger charge is 2.18. The molecule has 0 amide bonds. The molecule has 0 atom stereocenters. The third-order valence-electron chi connectivity index (χ3n) is 3.28. The standard InChI is InChI=1S/C19H23N3O6/c1-4-26-19(23)15-9-17(27-7-5-24-2)18(28-8-6-25-3)10-16(15)22-13-14(11-20)12-21/h9-10,13,22H,4-8H2,1-3H3. The molecule has 0 unspecified atom stereocenters. The van der Waals surface area contributed by atoms with E-state index in [1.165, 1.54) is 18.3 Å². The number of nitriles is 2. The van der Waals surface area contributed by atoms with Crippen molar-refractivity contribution < 1.29 is 28.5 Å². The summed E-state index contributed by atoms with van der Waals surface area (Å²) in [4.78, 5) is 12.3. The molecule has 1 aromatic carbocycles. The first-order valence-corrected chi connectivity index (χ1v) is 8.46. The van der Waals surface area contributed by atoms with Crippen LogP contribution in [0.15, 0.2) is 23.9 Å². The normalized spacial score (nSPS) is 9.61. The Kier molecular flexibility index (Phi) is 10.6. The predicted molar refractivity (Wildman–Crippen MR) is 100 cm³/mol. The quantitative estimate of drug-likeness (QED) is 0.326. The van der Waals surface area contributed by atoms with Gasteiger partial charge < -0.3 is 29.0 Å². The van der Waals surface area contributed by atoms with Crippen LogP contribution >= 0.6 is 0 Å². The second-order valence-electron chi connectivity index (χ2n) is 5.17. The van der Waals surface area contributed by atoms with E-state index in [2.05, 4.69) is 5.32 Å². The van der Waals surface area contributed by atoms with Crippen molar-refractivity contribution in [2.75, 3.05) is 52.6 Å². The van der Waals surface area contributed by atoms with Crippen molar-refractivity contribution in [3.05, 3.63) is 29.5 Å². The summed E-state index contributed by atoms with van der Waals surface area (Å²) in [6.07, 6.45) is 1.20. The number of esters is 1. The van der Waals surface area contributed by atoms with Crippen LogP contribution in [0.3, 0.4) is 0 Å². The molecule has 1 aromatic rings. The summed E-state index contributed by atoms with van der Waals surface area (Å²) < 4.78 is 26.3. The molecule has 0 fully saturated rings. The van der Waals surface area contributed by atoms with Gasteiger partial charge in [0.15, 0.2) is 11.5 Å². The van der Waals surface area contributed by atoms with Crippen LogP contribution in [0.2, 0.25) is 0 Å². The lowest BCUT2D eigenvalue weighted by Gasteiger charge is -2.17. The molecule has 0 heterocycles. The minimum absolute atomic E-state index is 0.155. The van der Waals surface area contributed by atoms with Gasteiger partial charge in [-0.2, -0.15) is 10.5 Å². The molecule has 0 aliphatic heterocycles. The van der Waals surface area contributed by atoms with E-state index in [9.17, 15) is 4.79 Å². The number of rotatable bonds is 12. The van der Waals surface area contributed by atoms with Crippen LogP contribution in [0.5, 0.6) is 11.5 Å². The highest BCUT2D eigenvalue weighted by atomic mass is 16.6. The van der Waals surface area contributed by atoms with Crippen LogP contribution in [0, 0.1) is 22.7 Å². The lowest BCUT2D eigenvalue weighted by Crippen LogP contribution is -2.12. The van der Waals surface area contributed by atoms with Crippen molar-refractivity contribution in [3.63, 3.8) is 0 Å². The van der Waals surface area contributed by atoms with Gasteiger partial charge in [-0.25, -0.2) is 4.79 Å². The number of ether oxygens (including phenoxy) is 5. The third-order valence-corrected chi connectivity index (χ3v) is 3.28. The molecular formula is C19H23N3O6. The number of nitrogens with zero attached hydrogens (tertiary/aromatic N) is 2. The zero-order valence-corrected chi connectivity index (χ0v) is 16.1. The largest absolute Gasteiger partial charge is 0.487 e. The second-order valence-corrected chi connectivity index (χ2v) is 5.17. The molecule has 9 nitrogen and oxygen atoms in total. The zero-order chi connectivity index (χ0) is 20.8. The van der Waals surface area contributed by atoms with Crippen molar-refractivity contribution in [3.8, 4) is 23.6 Å². The van der Waals surface area contributed by atoms with E-state index in [1.807, 2.05) is 0 Å². The fourth-order valence-electron chi connectivity index (χ4n) is 1.99. The molecule has 0 saturated carbocycles. The molecule has 0 aliphatic rings. The molecule has 0 saturated heterocycles. The highest BCUT2D eigenvalue weighted by Crippen LogP contribution is 2.34. The number of nitrogens with one attached hydrogen (secondary N) is 1. The average Bonchev–Trinajstić information content (AvgIpc) is 2.70. The van der Waals surface area contributed by atoms with E-state index in [0.717, 1.165) is 0 Å². The number of anilines is 1. The van der Waals surface area contributed by atoms with Gasteiger partial charge in [0.25, 0.3) is 0 Å². The van der Waals surface area contributed by atoms with Gasteiger partial charge in [-0.1, -0.05) is 0 Å². The van der Waals surface area contributed by atoms with E-state index in [1.54, 1.807) is 33.3 Å².